The molecule has 1 aromatic rings. The molecule has 0 bridgehead atoms. The van der Waals surface area contributed by atoms with E-state index in [1.165, 1.54) is 51.4 Å². The Labute approximate surface area is 222 Å². The summed E-state index contributed by atoms with van der Waals surface area (Å²) < 4.78 is 8.67. The molecule has 30 heavy (non-hydrogen) atoms. The fraction of sp³-hybridized carbons (Fsp3) is 0.652. The predicted octanol–water partition coefficient (Wildman–Crippen LogP) is 7.01. The molecule has 4 nitrogen and oxygen atoms in total. The van der Waals surface area contributed by atoms with Crippen LogP contribution >= 0.6 is 67.8 Å². The molecule has 0 radical (unpaired) electrons. The number of aliphatic carboxylic acids is 1. The molecule has 0 amide bonds. The summed E-state index contributed by atoms with van der Waals surface area (Å²) in [5, 5.41) is 10.3. The van der Waals surface area contributed by atoms with Crippen molar-refractivity contribution < 1.29 is 19.4 Å². The van der Waals surface area contributed by atoms with Crippen LogP contribution in [0.5, 0.6) is 5.75 Å². The van der Waals surface area contributed by atoms with E-state index < -0.39 is 5.97 Å². The number of ether oxygens (including phenoxy) is 1. The first kappa shape index (κ1) is 28.4. The maximum atomic E-state index is 12.1. The second kappa shape index (κ2) is 17.9. The van der Waals surface area contributed by atoms with Gasteiger partial charge in [0.1, 0.15) is 0 Å². The highest BCUT2D eigenvalue weighted by Gasteiger charge is 2.12. The molecule has 0 heterocycles. The molecule has 0 aliphatic heterocycles. The largest absolute Gasteiger partial charge is 0.550 e. The predicted molar refractivity (Wildman–Crippen MR) is 144 cm³/mol. The number of hydrogen-bond acceptors (Lipinski definition) is 4. The summed E-state index contributed by atoms with van der Waals surface area (Å²) in [5.41, 5.74) is 0. The van der Waals surface area contributed by atoms with Gasteiger partial charge in [-0.25, -0.2) is 0 Å². The molecule has 0 aliphatic carbocycles. The van der Waals surface area contributed by atoms with Gasteiger partial charge < -0.3 is 14.6 Å². The number of carboxylic acids is 1. The third-order valence-electron chi connectivity index (χ3n) is 4.94. The third-order valence-corrected chi connectivity index (χ3v) is 7.17. The normalized spacial score (nSPS) is 10.9. The summed E-state index contributed by atoms with van der Waals surface area (Å²) in [6.07, 6.45) is 15.6. The quantitative estimate of drug-likeness (QED) is 0.0744. The minimum absolute atomic E-state index is 0.133. The molecule has 0 aromatic heterocycles. The van der Waals surface area contributed by atoms with Crippen molar-refractivity contribution in [3.8, 4) is 5.75 Å². The van der Waals surface area contributed by atoms with Crippen LogP contribution in [0.3, 0.4) is 0 Å². The van der Waals surface area contributed by atoms with Crippen molar-refractivity contribution in [3.63, 3.8) is 0 Å². The lowest BCUT2D eigenvalue weighted by Crippen LogP contribution is -2.21. The van der Waals surface area contributed by atoms with E-state index >= 15 is 0 Å². The summed E-state index contributed by atoms with van der Waals surface area (Å²) in [5.74, 6) is -0.368. The van der Waals surface area contributed by atoms with Gasteiger partial charge in [-0.2, -0.15) is 0 Å². The van der Waals surface area contributed by atoms with Crippen LogP contribution in [0, 0.1) is 10.7 Å². The maximum Gasteiger partial charge on any atom is 0.311 e. The average molecular weight is 753 g/mol. The van der Waals surface area contributed by atoms with Gasteiger partial charge in [0.2, 0.25) is 0 Å². The fourth-order valence-corrected chi connectivity index (χ4v) is 7.08. The molecular weight excluding hydrogens is 721 g/mol. The third kappa shape index (κ3) is 14.4. The maximum absolute atomic E-state index is 12.1. The molecule has 0 aliphatic rings. The van der Waals surface area contributed by atoms with Crippen LogP contribution in [0.4, 0.5) is 0 Å². The monoisotopic (exact) mass is 753 g/mol. The smallest absolute Gasteiger partial charge is 0.311 e. The van der Waals surface area contributed by atoms with E-state index in [1.54, 1.807) is 0 Å². The van der Waals surface area contributed by atoms with Gasteiger partial charge in [-0.05, 0) is 99.2 Å². The lowest BCUT2D eigenvalue weighted by molar-refractivity contribution is -0.305. The van der Waals surface area contributed by atoms with Crippen molar-refractivity contribution in [1.82, 2.24) is 0 Å². The SMILES string of the molecule is O=C([O-])CCCCCCCCCCCCCCCC(=O)Oc1c(I)cc(I)cc1I. The molecule has 7 heteroatoms. The number of carbonyl (C=O) groups excluding carboxylic acids is 2. The van der Waals surface area contributed by atoms with Gasteiger partial charge in [0.15, 0.2) is 5.75 Å². The molecule has 0 N–H and O–H groups in total. The molecule has 170 valence electrons. The van der Waals surface area contributed by atoms with Gasteiger partial charge in [-0.15, -0.1) is 0 Å². The molecule has 0 atom stereocenters. The van der Waals surface area contributed by atoms with E-state index in [2.05, 4.69) is 67.8 Å². The molecule has 0 saturated heterocycles. The first-order valence-electron chi connectivity index (χ1n) is 10.9. The van der Waals surface area contributed by atoms with Crippen LogP contribution in [0.15, 0.2) is 12.1 Å². The van der Waals surface area contributed by atoms with Crippen LogP contribution in [0.2, 0.25) is 0 Å². The van der Waals surface area contributed by atoms with Crippen LogP contribution in [0.25, 0.3) is 0 Å². The number of unbranched alkanes of at least 4 members (excludes halogenated alkanes) is 12. The Morgan fingerprint density at radius 3 is 1.43 bits per heavy atom. The van der Waals surface area contributed by atoms with E-state index in [-0.39, 0.29) is 12.4 Å². The van der Waals surface area contributed by atoms with Crippen molar-refractivity contribution in [2.75, 3.05) is 0 Å². The van der Waals surface area contributed by atoms with Crippen molar-refractivity contribution in [3.05, 3.63) is 22.8 Å². The molecule has 0 saturated carbocycles. The van der Waals surface area contributed by atoms with Crippen molar-refractivity contribution in [2.45, 2.75) is 96.3 Å². The van der Waals surface area contributed by atoms with E-state index in [1.807, 2.05) is 12.1 Å². The molecule has 0 fully saturated rings. The second-order valence-electron chi connectivity index (χ2n) is 7.64. The Balaban J connectivity index is 1.92. The summed E-state index contributed by atoms with van der Waals surface area (Å²) in [7, 11) is 0. The Bertz CT molecular complexity index is 626. The van der Waals surface area contributed by atoms with Crippen LogP contribution in [-0.2, 0) is 9.59 Å². The number of rotatable bonds is 17. The summed E-state index contributed by atoms with van der Waals surface area (Å²) in [6.45, 7) is 0. The van der Waals surface area contributed by atoms with Gasteiger partial charge in [-0.3, -0.25) is 4.79 Å². The molecule has 0 spiro atoms. The zero-order valence-electron chi connectivity index (χ0n) is 17.5. The Hall–Kier alpha value is 0.350. The minimum atomic E-state index is -0.929. The van der Waals surface area contributed by atoms with Gasteiger partial charge >= 0.3 is 5.97 Å². The van der Waals surface area contributed by atoms with Gasteiger partial charge in [0.05, 0.1) is 7.14 Å². The first-order valence-corrected chi connectivity index (χ1v) is 14.2. The lowest BCUT2D eigenvalue weighted by Gasteiger charge is -2.09. The summed E-state index contributed by atoms with van der Waals surface area (Å²) in [6, 6.07) is 4.04. The highest BCUT2D eigenvalue weighted by Crippen LogP contribution is 2.30. The second-order valence-corrected chi connectivity index (χ2v) is 11.2. The van der Waals surface area contributed by atoms with E-state index in [0.29, 0.717) is 12.2 Å². The standard InChI is InChI=1S/C23H33I3O4/c24-18-16-19(25)23(20(26)17-18)30-22(29)15-13-11-9-7-5-3-1-2-4-6-8-10-12-14-21(27)28/h16-17H,1-15H2,(H,27,28)/p-1. The summed E-state index contributed by atoms with van der Waals surface area (Å²) >= 11 is 6.70. The topological polar surface area (TPSA) is 66.4 Å². The van der Waals surface area contributed by atoms with E-state index in [9.17, 15) is 14.7 Å². The number of halogens is 3. The highest BCUT2D eigenvalue weighted by atomic mass is 127. The molecule has 1 aromatic carbocycles. The molecule has 0 unspecified atom stereocenters. The summed E-state index contributed by atoms with van der Waals surface area (Å²) in [4.78, 5) is 22.4. The van der Waals surface area contributed by atoms with Gasteiger partial charge in [-0.1, -0.05) is 70.6 Å². The first-order chi connectivity index (χ1) is 14.4. The number of carboxylic acid groups (broad SMARTS) is 1. The Morgan fingerprint density at radius 2 is 1.03 bits per heavy atom. The number of esters is 1. The zero-order valence-corrected chi connectivity index (χ0v) is 24.0. The van der Waals surface area contributed by atoms with Gasteiger partial charge in [0, 0.05) is 16.0 Å². The Morgan fingerprint density at radius 1 is 0.667 bits per heavy atom. The minimum Gasteiger partial charge on any atom is -0.550 e. The van der Waals surface area contributed by atoms with E-state index in [0.717, 1.165) is 42.8 Å². The van der Waals surface area contributed by atoms with Crippen molar-refractivity contribution >= 4 is 79.7 Å². The van der Waals surface area contributed by atoms with Crippen molar-refractivity contribution in [1.29, 1.82) is 0 Å². The van der Waals surface area contributed by atoms with Crippen molar-refractivity contribution in [2.24, 2.45) is 0 Å². The van der Waals surface area contributed by atoms with Crippen LogP contribution in [0.1, 0.15) is 96.3 Å². The van der Waals surface area contributed by atoms with Crippen LogP contribution in [-0.4, -0.2) is 11.9 Å². The van der Waals surface area contributed by atoms with Gasteiger partial charge in [0.25, 0.3) is 0 Å². The van der Waals surface area contributed by atoms with Crippen LogP contribution < -0.4 is 9.84 Å². The van der Waals surface area contributed by atoms with E-state index in [4.69, 9.17) is 4.74 Å². The zero-order chi connectivity index (χ0) is 22.2. The molecule has 1 rings (SSSR count). The number of benzene rings is 1. The highest BCUT2D eigenvalue weighted by molar-refractivity contribution is 14.1. The number of carbonyl (C=O) groups is 2. The number of hydrogen-bond donors (Lipinski definition) is 0. The lowest BCUT2D eigenvalue weighted by atomic mass is 10.0. The Kier molecular flexibility index (Phi) is 16.9. The fourth-order valence-electron chi connectivity index (χ4n) is 3.27. The molecular formula is C23H32I3O4-. The average Bonchev–Trinajstić information content (AvgIpc) is 2.67.